The molecule has 1 aliphatic heterocycles. The number of hydrogen-bond donors (Lipinski definition) is 1. The zero-order chi connectivity index (χ0) is 24.0. The van der Waals surface area contributed by atoms with E-state index >= 15 is 0 Å². The predicted octanol–water partition coefficient (Wildman–Crippen LogP) is 4.87. The number of likely N-dealkylation sites (tertiary alicyclic amines) is 1. The molecule has 3 atom stereocenters. The van der Waals surface area contributed by atoms with Gasteiger partial charge in [0.25, 0.3) is 5.91 Å². The molecule has 2 fully saturated rings. The first-order chi connectivity index (χ1) is 16.3. The molecule has 6 heteroatoms. The molecule has 0 spiro atoms. The molecule has 5 rings (SSSR count). The van der Waals surface area contributed by atoms with Crippen molar-refractivity contribution in [1.29, 1.82) is 0 Å². The second kappa shape index (κ2) is 8.81. The number of imidazole rings is 1. The summed E-state index contributed by atoms with van der Waals surface area (Å²) in [6, 6.07) is 9.37. The van der Waals surface area contributed by atoms with Crippen molar-refractivity contribution < 1.29 is 9.18 Å². The van der Waals surface area contributed by atoms with Crippen molar-refractivity contribution in [3.05, 3.63) is 70.4 Å². The summed E-state index contributed by atoms with van der Waals surface area (Å²) >= 11 is 0. The second-order valence-corrected chi connectivity index (χ2v) is 10.3. The van der Waals surface area contributed by atoms with Gasteiger partial charge < -0.3 is 5.32 Å². The minimum absolute atomic E-state index is 0.0521. The first-order valence-corrected chi connectivity index (χ1v) is 12.6. The van der Waals surface area contributed by atoms with Crippen molar-refractivity contribution in [2.24, 2.45) is 5.92 Å². The molecule has 1 amide bonds. The van der Waals surface area contributed by atoms with E-state index < -0.39 is 0 Å². The maximum Gasteiger partial charge on any atom is 0.270 e. The molecule has 3 aromatic rings. The average molecular weight is 463 g/mol. The van der Waals surface area contributed by atoms with Crippen LogP contribution in [0.5, 0.6) is 0 Å². The van der Waals surface area contributed by atoms with E-state index in [2.05, 4.69) is 24.1 Å². The van der Waals surface area contributed by atoms with Crippen molar-refractivity contribution >= 4 is 11.6 Å². The topological polar surface area (TPSA) is 49.6 Å². The lowest BCUT2D eigenvalue weighted by Crippen LogP contribution is -2.44. The number of carbonyl (C=O) groups is 1. The highest BCUT2D eigenvalue weighted by molar-refractivity contribution is 5.95. The van der Waals surface area contributed by atoms with Gasteiger partial charge in [-0.15, -0.1) is 0 Å². The summed E-state index contributed by atoms with van der Waals surface area (Å²) in [5.74, 6) is 0.432. The SMILES string of the molecule is CCN1CCC2CC(NC(=O)c3c(C)nc4c(CCc5c(C)cccc5F)cccn34)CC21C. The van der Waals surface area contributed by atoms with Gasteiger partial charge in [-0.05, 0) is 101 Å². The van der Waals surface area contributed by atoms with Gasteiger partial charge in [0.15, 0.2) is 0 Å². The maximum absolute atomic E-state index is 14.3. The highest BCUT2D eigenvalue weighted by Gasteiger charge is 2.51. The summed E-state index contributed by atoms with van der Waals surface area (Å²) in [5, 5.41) is 3.33. The summed E-state index contributed by atoms with van der Waals surface area (Å²) in [6.45, 7) is 10.7. The van der Waals surface area contributed by atoms with Crippen LogP contribution in [-0.2, 0) is 12.8 Å². The number of amides is 1. The second-order valence-electron chi connectivity index (χ2n) is 10.3. The molecule has 0 bridgehead atoms. The smallest absolute Gasteiger partial charge is 0.270 e. The quantitative estimate of drug-likeness (QED) is 0.569. The Labute approximate surface area is 201 Å². The maximum atomic E-state index is 14.3. The summed E-state index contributed by atoms with van der Waals surface area (Å²) in [5.41, 5.74) is 5.04. The molecule has 180 valence electrons. The number of carbonyl (C=O) groups excluding carboxylic acids is 1. The highest BCUT2D eigenvalue weighted by Crippen LogP contribution is 2.46. The van der Waals surface area contributed by atoms with E-state index in [1.165, 1.54) is 19.0 Å². The Hall–Kier alpha value is -2.73. The lowest BCUT2D eigenvalue weighted by molar-refractivity contribution is 0.0922. The third-order valence-electron chi connectivity index (χ3n) is 8.41. The lowest BCUT2D eigenvalue weighted by atomic mass is 9.90. The van der Waals surface area contributed by atoms with Crippen LogP contribution in [0.3, 0.4) is 0 Å². The number of pyridine rings is 1. The Morgan fingerprint density at radius 2 is 2.06 bits per heavy atom. The Balaban J connectivity index is 1.35. The highest BCUT2D eigenvalue weighted by atomic mass is 19.1. The zero-order valence-corrected chi connectivity index (χ0v) is 20.7. The summed E-state index contributed by atoms with van der Waals surface area (Å²) in [6.07, 6.45) is 6.44. The molecule has 2 aromatic heterocycles. The third kappa shape index (κ3) is 3.82. The number of benzene rings is 1. The van der Waals surface area contributed by atoms with Crippen LogP contribution in [0.25, 0.3) is 5.65 Å². The third-order valence-corrected chi connectivity index (χ3v) is 8.41. The van der Waals surface area contributed by atoms with Gasteiger partial charge in [-0.3, -0.25) is 14.1 Å². The van der Waals surface area contributed by atoms with Gasteiger partial charge in [0, 0.05) is 17.8 Å². The van der Waals surface area contributed by atoms with E-state index in [9.17, 15) is 9.18 Å². The monoisotopic (exact) mass is 462 g/mol. The van der Waals surface area contributed by atoms with E-state index in [1.54, 1.807) is 6.07 Å². The fourth-order valence-electron chi connectivity index (χ4n) is 6.56. The Morgan fingerprint density at radius 1 is 1.24 bits per heavy atom. The molecular weight excluding hydrogens is 427 g/mol. The van der Waals surface area contributed by atoms with Gasteiger partial charge in [-0.2, -0.15) is 0 Å². The van der Waals surface area contributed by atoms with E-state index in [0.29, 0.717) is 24.5 Å². The van der Waals surface area contributed by atoms with Crippen LogP contribution in [0.1, 0.15) is 66.0 Å². The molecule has 3 unspecified atom stereocenters. The summed E-state index contributed by atoms with van der Waals surface area (Å²) in [4.78, 5) is 20.8. The Kier molecular flexibility index (Phi) is 5.96. The average Bonchev–Trinajstić information content (AvgIpc) is 3.40. The van der Waals surface area contributed by atoms with E-state index in [-0.39, 0.29) is 23.3 Å². The van der Waals surface area contributed by atoms with Crippen molar-refractivity contribution in [2.75, 3.05) is 13.1 Å². The van der Waals surface area contributed by atoms with E-state index in [4.69, 9.17) is 4.98 Å². The molecule has 0 radical (unpaired) electrons. The van der Waals surface area contributed by atoms with Gasteiger partial charge in [0.1, 0.15) is 17.2 Å². The Morgan fingerprint density at radius 3 is 2.82 bits per heavy atom. The molecule has 5 nitrogen and oxygen atoms in total. The Bertz CT molecular complexity index is 1210. The fourth-order valence-corrected chi connectivity index (χ4v) is 6.56. The molecule has 34 heavy (non-hydrogen) atoms. The number of halogens is 1. The number of hydrogen-bond acceptors (Lipinski definition) is 3. The minimum Gasteiger partial charge on any atom is -0.348 e. The van der Waals surface area contributed by atoms with Crippen molar-refractivity contribution in [2.45, 2.75) is 71.4 Å². The normalized spacial score (nSPS) is 24.6. The van der Waals surface area contributed by atoms with E-state index in [1.807, 2.05) is 42.6 Å². The number of nitrogens with zero attached hydrogens (tertiary/aromatic N) is 3. The van der Waals surface area contributed by atoms with Gasteiger partial charge >= 0.3 is 0 Å². The van der Waals surface area contributed by atoms with Gasteiger partial charge in [-0.1, -0.05) is 25.1 Å². The van der Waals surface area contributed by atoms with Crippen LogP contribution in [-0.4, -0.2) is 44.9 Å². The van der Waals surface area contributed by atoms with Crippen molar-refractivity contribution in [1.82, 2.24) is 19.6 Å². The van der Waals surface area contributed by atoms with Crippen LogP contribution in [0.2, 0.25) is 0 Å². The van der Waals surface area contributed by atoms with Gasteiger partial charge in [0.05, 0.1) is 5.69 Å². The number of aromatic nitrogens is 2. The van der Waals surface area contributed by atoms with Crippen LogP contribution in [0, 0.1) is 25.6 Å². The van der Waals surface area contributed by atoms with Crippen LogP contribution >= 0.6 is 0 Å². The largest absolute Gasteiger partial charge is 0.348 e. The van der Waals surface area contributed by atoms with Crippen LogP contribution in [0.15, 0.2) is 36.5 Å². The standard InChI is InChI=1S/C28H35FN4O/c1-5-32-15-13-21-16-22(17-28(21,32)4)31-27(34)25-19(3)30-26-20(9-7-14-33(25)26)11-12-23-18(2)8-6-10-24(23)29/h6-10,14,21-22H,5,11-13,15-17H2,1-4H3,(H,31,34). The summed E-state index contributed by atoms with van der Waals surface area (Å²) < 4.78 is 16.2. The van der Waals surface area contributed by atoms with Crippen molar-refractivity contribution in [3.8, 4) is 0 Å². The predicted molar refractivity (Wildman–Crippen MR) is 133 cm³/mol. The first-order valence-electron chi connectivity index (χ1n) is 12.6. The molecular formula is C28H35FN4O. The van der Waals surface area contributed by atoms with Crippen molar-refractivity contribution in [3.63, 3.8) is 0 Å². The number of aryl methyl sites for hydroxylation is 3. The van der Waals surface area contributed by atoms with Gasteiger partial charge in [-0.25, -0.2) is 9.37 Å². The molecule has 1 saturated carbocycles. The zero-order valence-electron chi connectivity index (χ0n) is 20.7. The molecule has 1 saturated heterocycles. The molecule has 1 aromatic carbocycles. The van der Waals surface area contributed by atoms with E-state index in [0.717, 1.165) is 47.4 Å². The van der Waals surface area contributed by atoms with Gasteiger partial charge in [0.2, 0.25) is 0 Å². The molecule has 2 aliphatic rings. The van der Waals surface area contributed by atoms with Crippen LogP contribution < -0.4 is 5.32 Å². The van der Waals surface area contributed by atoms with Crippen LogP contribution in [0.4, 0.5) is 4.39 Å². The number of fused-ring (bicyclic) bond motifs is 2. The first kappa shape index (κ1) is 23.0. The fraction of sp³-hybridized carbons (Fsp3) is 0.500. The number of rotatable bonds is 6. The lowest BCUT2D eigenvalue weighted by Gasteiger charge is -2.34. The molecule has 3 heterocycles. The molecule has 1 aliphatic carbocycles. The summed E-state index contributed by atoms with van der Waals surface area (Å²) in [7, 11) is 0. The minimum atomic E-state index is -0.164. The number of nitrogens with one attached hydrogen (secondary N) is 1. The molecule has 1 N–H and O–H groups in total.